The van der Waals surface area contributed by atoms with E-state index in [-0.39, 0.29) is 11.8 Å². The van der Waals surface area contributed by atoms with Gasteiger partial charge in [0.2, 0.25) is 0 Å². The highest BCUT2D eigenvalue weighted by atomic mass is 16.5. The summed E-state index contributed by atoms with van der Waals surface area (Å²) >= 11 is 0. The molecule has 0 rings (SSSR count). The van der Waals surface area contributed by atoms with Crippen LogP contribution in [-0.4, -0.2) is 26.2 Å². The molecule has 104 valence electrons. The Bertz CT molecular complexity index is 289. The van der Waals surface area contributed by atoms with Gasteiger partial charge in [-0.05, 0) is 11.8 Å². The number of rotatable bonds is 6. The molecule has 1 atom stereocenters. The molecule has 0 N–H and O–H groups in total. The first-order chi connectivity index (χ1) is 8.34. The van der Waals surface area contributed by atoms with Crippen molar-refractivity contribution in [2.45, 2.75) is 27.7 Å². The lowest BCUT2D eigenvalue weighted by Crippen LogP contribution is -2.35. The molecule has 0 amide bonds. The first-order valence-electron chi connectivity index (χ1n) is 6.19. The van der Waals surface area contributed by atoms with E-state index in [1.165, 1.54) is 14.2 Å². The molecule has 0 saturated carbocycles. The summed E-state index contributed by atoms with van der Waals surface area (Å²) in [5, 5.41) is 0. The van der Waals surface area contributed by atoms with Crippen LogP contribution in [-0.2, 0) is 19.1 Å². The van der Waals surface area contributed by atoms with Gasteiger partial charge in [0.25, 0.3) is 0 Å². The Hall–Kier alpha value is -1.32. The second-order valence-electron chi connectivity index (χ2n) is 4.97. The number of carbonyl (C=O) groups excluding carboxylic acids is 2. The lowest BCUT2D eigenvalue weighted by atomic mass is 9.82. The van der Waals surface area contributed by atoms with Crippen molar-refractivity contribution in [1.29, 1.82) is 0 Å². The van der Waals surface area contributed by atoms with Gasteiger partial charge in [-0.15, -0.1) is 0 Å². The molecule has 0 fully saturated rings. The van der Waals surface area contributed by atoms with E-state index in [9.17, 15) is 9.59 Å². The van der Waals surface area contributed by atoms with Gasteiger partial charge < -0.3 is 9.47 Å². The molecular weight excluding hydrogens is 232 g/mol. The second-order valence-corrected chi connectivity index (χ2v) is 4.97. The van der Waals surface area contributed by atoms with Crippen molar-refractivity contribution in [3.8, 4) is 0 Å². The minimum atomic E-state index is -0.894. The molecule has 4 heteroatoms. The van der Waals surface area contributed by atoms with Crippen LogP contribution in [0.2, 0.25) is 0 Å². The maximum Gasteiger partial charge on any atom is 0.320 e. The van der Waals surface area contributed by atoms with Crippen molar-refractivity contribution in [3.63, 3.8) is 0 Å². The van der Waals surface area contributed by atoms with Crippen molar-refractivity contribution in [3.05, 3.63) is 12.2 Å². The Morgan fingerprint density at radius 3 is 1.61 bits per heavy atom. The molecule has 0 radical (unpaired) electrons. The summed E-state index contributed by atoms with van der Waals surface area (Å²) in [7, 11) is 2.56. The standard InChI is InChI=1S/C14H24O4/c1-9(2)7-8-11(10(3)4)12(13(15)17-5)14(16)18-6/h7-12H,1-6H3/b8-7+/t11-/m0/s1. The molecule has 0 aromatic heterocycles. The van der Waals surface area contributed by atoms with Crippen LogP contribution in [0, 0.1) is 23.7 Å². The molecule has 0 heterocycles. The fourth-order valence-corrected chi connectivity index (χ4v) is 1.73. The van der Waals surface area contributed by atoms with Gasteiger partial charge in [0.1, 0.15) is 0 Å². The molecule has 0 aliphatic carbocycles. The highest BCUT2D eigenvalue weighted by Gasteiger charge is 2.37. The lowest BCUT2D eigenvalue weighted by Gasteiger charge is -2.24. The maximum atomic E-state index is 11.7. The van der Waals surface area contributed by atoms with E-state index < -0.39 is 17.9 Å². The highest BCUT2D eigenvalue weighted by molar-refractivity contribution is 5.95. The molecule has 4 nitrogen and oxygen atoms in total. The number of carbonyl (C=O) groups is 2. The highest BCUT2D eigenvalue weighted by Crippen LogP contribution is 2.25. The Morgan fingerprint density at radius 1 is 0.889 bits per heavy atom. The van der Waals surface area contributed by atoms with Gasteiger partial charge >= 0.3 is 11.9 Å². The third-order valence-corrected chi connectivity index (χ3v) is 2.78. The predicted molar refractivity (Wildman–Crippen MR) is 69.8 cm³/mol. The van der Waals surface area contributed by atoms with E-state index >= 15 is 0 Å². The summed E-state index contributed by atoms with van der Waals surface area (Å²) in [6, 6.07) is 0. The van der Waals surface area contributed by atoms with Crippen LogP contribution in [0.5, 0.6) is 0 Å². The zero-order valence-electron chi connectivity index (χ0n) is 12.1. The number of hydrogen-bond donors (Lipinski definition) is 0. The molecule has 0 aliphatic heterocycles. The van der Waals surface area contributed by atoms with Crippen molar-refractivity contribution in [1.82, 2.24) is 0 Å². The summed E-state index contributed by atoms with van der Waals surface area (Å²) < 4.78 is 9.40. The second kappa shape index (κ2) is 7.90. The zero-order valence-corrected chi connectivity index (χ0v) is 12.1. The van der Waals surface area contributed by atoms with Crippen LogP contribution in [0.4, 0.5) is 0 Å². The number of allylic oxidation sites excluding steroid dienone is 2. The molecule has 0 saturated heterocycles. The SMILES string of the molecule is COC(=O)C(C(=O)OC)[C@@H](/C=C/C(C)C)C(C)C. The first kappa shape index (κ1) is 16.7. The monoisotopic (exact) mass is 256 g/mol. The Labute approximate surface area is 109 Å². The Morgan fingerprint density at radius 2 is 1.33 bits per heavy atom. The van der Waals surface area contributed by atoms with Crippen LogP contribution < -0.4 is 0 Å². The van der Waals surface area contributed by atoms with E-state index in [4.69, 9.17) is 9.47 Å². The average molecular weight is 256 g/mol. The summed E-state index contributed by atoms with van der Waals surface area (Å²) in [5.74, 6) is -1.70. The third kappa shape index (κ3) is 4.90. The fourth-order valence-electron chi connectivity index (χ4n) is 1.73. The molecule has 0 aromatic rings. The minimum absolute atomic E-state index is 0.142. The third-order valence-electron chi connectivity index (χ3n) is 2.78. The number of methoxy groups -OCH3 is 2. The van der Waals surface area contributed by atoms with Gasteiger partial charge in [0, 0.05) is 5.92 Å². The van der Waals surface area contributed by atoms with E-state index in [0.717, 1.165) is 0 Å². The van der Waals surface area contributed by atoms with Crippen LogP contribution in [0.3, 0.4) is 0 Å². The summed E-state index contributed by atoms with van der Waals surface area (Å²) in [4.78, 5) is 23.5. The van der Waals surface area contributed by atoms with Crippen molar-refractivity contribution in [2.24, 2.45) is 23.7 Å². The lowest BCUT2D eigenvalue weighted by molar-refractivity contribution is -0.161. The summed E-state index contributed by atoms with van der Waals surface area (Å²) in [6.45, 7) is 8.01. The van der Waals surface area contributed by atoms with Crippen LogP contribution >= 0.6 is 0 Å². The number of esters is 2. The maximum absolute atomic E-state index is 11.7. The van der Waals surface area contributed by atoms with Gasteiger partial charge in [-0.2, -0.15) is 0 Å². The molecule has 0 spiro atoms. The Balaban J connectivity index is 5.22. The van der Waals surface area contributed by atoms with Gasteiger partial charge in [0.05, 0.1) is 14.2 Å². The summed E-state index contributed by atoms with van der Waals surface area (Å²) in [5.41, 5.74) is 0. The van der Waals surface area contributed by atoms with Gasteiger partial charge in [0.15, 0.2) is 5.92 Å². The van der Waals surface area contributed by atoms with Crippen molar-refractivity contribution < 1.29 is 19.1 Å². The normalized spacial score (nSPS) is 13.4. The minimum Gasteiger partial charge on any atom is -0.468 e. The van der Waals surface area contributed by atoms with Crippen molar-refractivity contribution >= 4 is 11.9 Å². The quantitative estimate of drug-likeness (QED) is 0.416. The van der Waals surface area contributed by atoms with Crippen LogP contribution in [0.25, 0.3) is 0 Å². The first-order valence-corrected chi connectivity index (χ1v) is 6.19. The average Bonchev–Trinajstić information content (AvgIpc) is 2.31. The topological polar surface area (TPSA) is 52.6 Å². The molecule has 0 aromatic carbocycles. The largest absolute Gasteiger partial charge is 0.468 e. The molecule has 0 aliphatic rings. The predicted octanol–water partition coefficient (Wildman–Crippen LogP) is 2.43. The van der Waals surface area contributed by atoms with E-state index in [1.54, 1.807) is 0 Å². The van der Waals surface area contributed by atoms with Gasteiger partial charge in [-0.3, -0.25) is 9.59 Å². The van der Waals surface area contributed by atoms with Crippen molar-refractivity contribution in [2.75, 3.05) is 14.2 Å². The number of hydrogen-bond acceptors (Lipinski definition) is 4. The summed E-state index contributed by atoms with van der Waals surface area (Å²) in [6.07, 6.45) is 3.90. The molecule has 0 unspecified atom stereocenters. The zero-order chi connectivity index (χ0) is 14.3. The Kier molecular flexibility index (Phi) is 7.32. The molecule has 18 heavy (non-hydrogen) atoms. The molecule has 0 bridgehead atoms. The smallest absolute Gasteiger partial charge is 0.320 e. The van der Waals surface area contributed by atoms with Gasteiger partial charge in [-0.25, -0.2) is 0 Å². The fraction of sp³-hybridized carbons (Fsp3) is 0.714. The van der Waals surface area contributed by atoms with Crippen LogP contribution in [0.15, 0.2) is 12.2 Å². The molecular formula is C14H24O4. The van der Waals surface area contributed by atoms with Crippen LogP contribution in [0.1, 0.15) is 27.7 Å². The van der Waals surface area contributed by atoms with E-state index in [2.05, 4.69) is 0 Å². The van der Waals surface area contributed by atoms with E-state index in [0.29, 0.717) is 5.92 Å². The number of ether oxygens (including phenoxy) is 2. The van der Waals surface area contributed by atoms with E-state index in [1.807, 2.05) is 39.8 Å². The van der Waals surface area contributed by atoms with Gasteiger partial charge in [-0.1, -0.05) is 39.8 Å².